The van der Waals surface area contributed by atoms with Gasteiger partial charge in [-0.1, -0.05) is 54.6 Å². The minimum absolute atomic E-state index is 0.744. The smallest absolute Gasteiger partial charge is 0.0840 e. The van der Waals surface area contributed by atoms with Gasteiger partial charge in [0.05, 0.1) is 17.4 Å². The molecule has 4 aromatic rings. The summed E-state index contributed by atoms with van der Waals surface area (Å²) >= 11 is 8.10. The highest BCUT2D eigenvalue weighted by atomic mass is 35.5. The summed E-state index contributed by atoms with van der Waals surface area (Å²) < 4.78 is 4.25. The van der Waals surface area contributed by atoms with E-state index in [4.69, 9.17) is 11.6 Å². The Kier molecular flexibility index (Phi) is 4.79. The molecular weight excluding hydrogens is 362 g/mol. The van der Waals surface area contributed by atoms with Crippen molar-refractivity contribution in [3.63, 3.8) is 0 Å². The van der Waals surface area contributed by atoms with E-state index >= 15 is 0 Å². The number of halogens is 1. The van der Waals surface area contributed by atoms with Crippen molar-refractivity contribution in [3.8, 4) is 5.69 Å². The van der Waals surface area contributed by atoms with Crippen LogP contribution in [0.25, 0.3) is 16.6 Å². The lowest BCUT2D eigenvalue weighted by molar-refractivity contribution is 0.602. The summed E-state index contributed by atoms with van der Waals surface area (Å²) in [5.41, 5.74) is 3.39. The topological polar surface area (TPSA) is 22.8 Å². The van der Waals surface area contributed by atoms with Crippen LogP contribution in [0.5, 0.6) is 0 Å². The van der Waals surface area contributed by atoms with Crippen LogP contribution in [0.2, 0.25) is 5.02 Å². The van der Waals surface area contributed by atoms with E-state index in [0.717, 1.165) is 29.2 Å². The number of hydrogen-bond donors (Lipinski definition) is 0. The summed E-state index contributed by atoms with van der Waals surface area (Å²) in [6.07, 6.45) is 5.10. The zero-order valence-corrected chi connectivity index (χ0v) is 16.4. The van der Waals surface area contributed by atoms with Crippen LogP contribution in [0.15, 0.2) is 70.7 Å². The monoisotopic (exact) mass is 381 g/mol. The summed E-state index contributed by atoms with van der Waals surface area (Å²) in [5, 5.41) is 6.46. The van der Waals surface area contributed by atoms with Crippen molar-refractivity contribution in [2.45, 2.75) is 36.6 Å². The molecular formula is C21H20ClN3S. The van der Waals surface area contributed by atoms with E-state index in [0.29, 0.717) is 0 Å². The van der Waals surface area contributed by atoms with Crippen LogP contribution in [0.1, 0.15) is 19.0 Å². The Bertz CT molecular complexity index is 1050. The van der Waals surface area contributed by atoms with E-state index in [9.17, 15) is 0 Å². The number of rotatable bonds is 5. The van der Waals surface area contributed by atoms with Gasteiger partial charge in [-0.05, 0) is 37.6 Å². The Morgan fingerprint density at radius 2 is 1.92 bits per heavy atom. The van der Waals surface area contributed by atoms with Crippen molar-refractivity contribution in [1.82, 2.24) is 14.3 Å². The molecule has 0 bridgehead atoms. The fourth-order valence-electron chi connectivity index (χ4n) is 3.25. The van der Waals surface area contributed by atoms with Crippen LogP contribution >= 0.6 is 23.4 Å². The molecule has 2 heterocycles. The standard InChI is InChI=1S/C21H20ClN3S/c1-3-11-24-14-17(13-23-24)25-15(2)21(26-18-7-5-4-6-8-18)19-10-9-16(22)12-20(19)25/h4-10,12-14H,3,11H2,1-2H3. The average molecular weight is 382 g/mol. The van der Waals surface area contributed by atoms with Gasteiger partial charge >= 0.3 is 0 Å². The highest BCUT2D eigenvalue weighted by Gasteiger charge is 2.17. The van der Waals surface area contributed by atoms with Gasteiger partial charge in [0.2, 0.25) is 0 Å². The number of aryl methyl sites for hydroxylation is 1. The SMILES string of the molecule is CCCn1cc(-n2c(C)c(Sc3ccccc3)c3ccc(Cl)cc32)cn1. The lowest BCUT2D eigenvalue weighted by Gasteiger charge is -2.06. The second-order valence-electron chi connectivity index (χ2n) is 6.29. The number of nitrogens with zero attached hydrogens (tertiary/aromatic N) is 3. The van der Waals surface area contributed by atoms with E-state index < -0.39 is 0 Å². The van der Waals surface area contributed by atoms with E-state index in [-0.39, 0.29) is 0 Å². The molecule has 0 aliphatic rings. The molecule has 5 heteroatoms. The number of fused-ring (bicyclic) bond motifs is 1. The molecule has 0 spiro atoms. The highest BCUT2D eigenvalue weighted by molar-refractivity contribution is 7.99. The van der Waals surface area contributed by atoms with Crippen LogP contribution in [0, 0.1) is 6.92 Å². The van der Waals surface area contributed by atoms with Gasteiger partial charge < -0.3 is 4.57 Å². The maximum absolute atomic E-state index is 6.31. The van der Waals surface area contributed by atoms with E-state index in [2.05, 4.69) is 60.0 Å². The Labute approximate surface area is 162 Å². The van der Waals surface area contributed by atoms with Crippen molar-refractivity contribution >= 4 is 34.3 Å². The van der Waals surface area contributed by atoms with Gasteiger partial charge in [0.1, 0.15) is 0 Å². The third-order valence-corrected chi connectivity index (χ3v) is 5.87. The largest absolute Gasteiger partial charge is 0.310 e. The van der Waals surface area contributed by atoms with Crippen LogP contribution in [-0.4, -0.2) is 14.3 Å². The minimum atomic E-state index is 0.744. The van der Waals surface area contributed by atoms with Crippen molar-refractivity contribution < 1.29 is 0 Å². The molecule has 0 amide bonds. The molecule has 0 fully saturated rings. The zero-order chi connectivity index (χ0) is 18.1. The van der Waals surface area contributed by atoms with Crippen LogP contribution < -0.4 is 0 Å². The summed E-state index contributed by atoms with van der Waals surface area (Å²) in [5.74, 6) is 0. The molecule has 2 aromatic carbocycles. The van der Waals surface area contributed by atoms with Gasteiger partial charge in [-0.2, -0.15) is 5.10 Å². The molecule has 0 radical (unpaired) electrons. The Morgan fingerprint density at radius 1 is 1.12 bits per heavy atom. The first-order valence-corrected chi connectivity index (χ1v) is 9.93. The van der Waals surface area contributed by atoms with Gasteiger partial charge in [-0.3, -0.25) is 4.68 Å². The maximum atomic E-state index is 6.31. The van der Waals surface area contributed by atoms with Gasteiger partial charge in [-0.25, -0.2) is 0 Å². The highest BCUT2D eigenvalue weighted by Crippen LogP contribution is 2.40. The Morgan fingerprint density at radius 3 is 2.69 bits per heavy atom. The number of hydrogen-bond acceptors (Lipinski definition) is 2. The van der Waals surface area contributed by atoms with Crippen molar-refractivity contribution in [2.75, 3.05) is 0 Å². The molecule has 0 saturated heterocycles. The molecule has 0 aliphatic heterocycles. The fraction of sp³-hybridized carbons (Fsp3) is 0.190. The number of aromatic nitrogens is 3. The lowest BCUT2D eigenvalue weighted by Crippen LogP contribution is -1.97. The molecule has 3 nitrogen and oxygen atoms in total. The first-order valence-electron chi connectivity index (χ1n) is 8.73. The molecule has 0 saturated carbocycles. The summed E-state index contributed by atoms with van der Waals surface area (Å²) in [6.45, 7) is 5.24. The first kappa shape index (κ1) is 17.3. The van der Waals surface area contributed by atoms with Crippen LogP contribution in [0.3, 0.4) is 0 Å². The molecule has 0 atom stereocenters. The first-order chi connectivity index (χ1) is 12.7. The van der Waals surface area contributed by atoms with Crippen LogP contribution in [0.4, 0.5) is 0 Å². The minimum Gasteiger partial charge on any atom is -0.310 e. The van der Waals surface area contributed by atoms with Crippen LogP contribution in [-0.2, 0) is 6.54 Å². The molecule has 0 aliphatic carbocycles. The molecule has 4 rings (SSSR count). The van der Waals surface area contributed by atoms with Gasteiger partial charge in [-0.15, -0.1) is 0 Å². The Hall–Kier alpha value is -2.17. The van der Waals surface area contributed by atoms with Gasteiger partial charge in [0, 0.05) is 38.6 Å². The summed E-state index contributed by atoms with van der Waals surface area (Å²) in [4.78, 5) is 2.48. The normalized spacial score (nSPS) is 11.3. The quantitative estimate of drug-likeness (QED) is 0.402. The molecule has 2 aromatic heterocycles. The molecule has 0 unspecified atom stereocenters. The maximum Gasteiger partial charge on any atom is 0.0840 e. The predicted octanol–water partition coefficient (Wildman–Crippen LogP) is 6.35. The zero-order valence-electron chi connectivity index (χ0n) is 14.8. The van der Waals surface area contributed by atoms with E-state index in [1.807, 2.05) is 29.1 Å². The second-order valence-corrected chi connectivity index (χ2v) is 7.81. The van der Waals surface area contributed by atoms with Crippen molar-refractivity contribution in [3.05, 3.63) is 71.6 Å². The summed E-state index contributed by atoms with van der Waals surface area (Å²) in [7, 11) is 0. The van der Waals surface area contributed by atoms with Crippen molar-refractivity contribution in [2.24, 2.45) is 0 Å². The molecule has 132 valence electrons. The third kappa shape index (κ3) is 3.15. The average Bonchev–Trinajstić information content (AvgIpc) is 3.19. The van der Waals surface area contributed by atoms with Gasteiger partial charge in [0.25, 0.3) is 0 Å². The molecule has 0 N–H and O–H groups in total. The Balaban J connectivity index is 1.89. The van der Waals surface area contributed by atoms with E-state index in [1.54, 1.807) is 11.8 Å². The second kappa shape index (κ2) is 7.22. The predicted molar refractivity (Wildman–Crippen MR) is 110 cm³/mol. The van der Waals surface area contributed by atoms with Gasteiger partial charge in [0.15, 0.2) is 0 Å². The fourth-order valence-corrected chi connectivity index (χ4v) is 4.46. The third-order valence-electron chi connectivity index (χ3n) is 4.40. The number of benzene rings is 2. The molecule has 26 heavy (non-hydrogen) atoms. The van der Waals surface area contributed by atoms with Crippen molar-refractivity contribution in [1.29, 1.82) is 0 Å². The lowest BCUT2D eigenvalue weighted by atomic mass is 10.2. The summed E-state index contributed by atoms with van der Waals surface area (Å²) in [6, 6.07) is 16.6. The van der Waals surface area contributed by atoms with E-state index in [1.165, 1.54) is 20.9 Å².